The fourth-order valence-corrected chi connectivity index (χ4v) is 1.84. The average Bonchev–Trinajstić information content (AvgIpc) is 2.40. The number of hydrogen-bond donors (Lipinski definition) is 1. The molecule has 0 aliphatic heterocycles. The van der Waals surface area contributed by atoms with Gasteiger partial charge in [0.1, 0.15) is 0 Å². The highest BCUT2D eigenvalue weighted by Gasteiger charge is 2.04. The summed E-state index contributed by atoms with van der Waals surface area (Å²) in [6, 6.07) is 11.7. The second-order valence-corrected chi connectivity index (χ2v) is 4.86. The highest BCUT2D eigenvalue weighted by Crippen LogP contribution is 2.17. The highest BCUT2D eigenvalue weighted by molar-refractivity contribution is 5.92. The maximum absolute atomic E-state index is 11.9. The molecule has 0 aliphatic carbocycles. The zero-order valence-electron chi connectivity index (χ0n) is 11.3. The maximum atomic E-state index is 11.9. The van der Waals surface area contributed by atoms with E-state index >= 15 is 0 Å². The lowest BCUT2D eigenvalue weighted by Gasteiger charge is -2.08. The molecule has 0 bridgehead atoms. The smallest absolute Gasteiger partial charge is 0.228 e. The first-order valence-electron chi connectivity index (χ1n) is 6.44. The summed E-state index contributed by atoms with van der Waals surface area (Å²) in [6.07, 6.45) is 3.76. The minimum absolute atomic E-state index is 0.0107. The number of nitrogens with one attached hydrogen (secondary N) is 1. The van der Waals surface area contributed by atoms with Crippen molar-refractivity contribution in [2.45, 2.75) is 26.2 Å². The Morgan fingerprint density at radius 2 is 1.74 bits per heavy atom. The van der Waals surface area contributed by atoms with Crippen LogP contribution >= 0.6 is 0 Å². The number of hydrogen-bond acceptors (Lipinski definition) is 2. The van der Waals surface area contributed by atoms with E-state index in [1.807, 2.05) is 36.4 Å². The van der Waals surface area contributed by atoms with Gasteiger partial charge in [-0.1, -0.05) is 26.0 Å². The Labute approximate surface area is 113 Å². The van der Waals surface area contributed by atoms with Crippen LogP contribution in [0.25, 0.3) is 0 Å². The van der Waals surface area contributed by atoms with E-state index in [1.54, 1.807) is 12.4 Å². The maximum Gasteiger partial charge on any atom is 0.228 e. The lowest BCUT2D eigenvalue weighted by atomic mass is 10.0. The van der Waals surface area contributed by atoms with Crippen molar-refractivity contribution >= 4 is 11.6 Å². The molecule has 2 aromatic rings. The molecule has 0 atom stereocenters. The average molecular weight is 254 g/mol. The summed E-state index contributed by atoms with van der Waals surface area (Å²) in [5.74, 6) is 0.491. The van der Waals surface area contributed by atoms with Gasteiger partial charge in [-0.05, 0) is 41.3 Å². The van der Waals surface area contributed by atoms with Crippen LogP contribution in [0.1, 0.15) is 30.9 Å². The van der Waals surface area contributed by atoms with Crippen LogP contribution in [0.15, 0.2) is 48.8 Å². The van der Waals surface area contributed by atoms with Gasteiger partial charge in [-0.2, -0.15) is 0 Å². The molecule has 0 radical (unpaired) electrons. The number of carbonyl (C=O) groups is 1. The number of benzene rings is 1. The van der Waals surface area contributed by atoms with Crippen molar-refractivity contribution in [1.29, 1.82) is 0 Å². The van der Waals surface area contributed by atoms with Crippen molar-refractivity contribution in [1.82, 2.24) is 4.98 Å². The fourth-order valence-electron chi connectivity index (χ4n) is 1.84. The normalized spacial score (nSPS) is 10.5. The SMILES string of the molecule is CC(C)c1ccc(NC(=O)Cc2ccncc2)cc1. The number of anilines is 1. The second kappa shape index (κ2) is 6.14. The Balaban J connectivity index is 1.95. The minimum Gasteiger partial charge on any atom is -0.326 e. The Morgan fingerprint density at radius 3 is 2.32 bits per heavy atom. The van der Waals surface area contributed by atoms with Gasteiger partial charge in [0.15, 0.2) is 0 Å². The molecule has 0 unspecified atom stereocenters. The number of rotatable bonds is 4. The molecule has 0 fully saturated rings. The molecule has 1 heterocycles. The van der Waals surface area contributed by atoms with Gasteiger partial charge >= 0.3 is 0 Å². The van der Waals surface area contributed by atoms with E-state index in [4.69, 9.17) is 0 Å². The lowest BCUT2D eigenvalue weighted by molar-refractivity contribution is -0.115. The van der Waals surface area contributed by atoms with Gasteiger partial charge in [0.2, 0.25) is 5.91 Å². The number of carbonyl (C=O) groups excluding carboxylic acids is 1. The third kappa shape index (κ3) is 3.91. The first kappa shape index (κ1) is 13.3. The van der Waals surface area contributed by atoms with E-state index < -0.39 is 0 Å². The fraction of sp³-hybridized carbons (Fsp3) is 0.250. The summed E-state index contributed by atoms with van der Waals surface area (Å²) in [5.41, 5.74) is 3.07. The van der Waals surface area contributed by atoms with Gasteiger partial charge < -0.3 is 5.32 Å². The van der Waals surface area contributed by atoms with Gasteiger partial charge in [-0.25, -0.2) is 0 Å². The largest absolute Gasteiger partial charge is 0.326 e. The highest BCUT2D eigenvalue weighted by atomic mass is 16.1. The number of amides is 1. The van der Waals surface area contributed by atoms with Gasteiger partial charge in [0.05, 0.1) is 6.42 Å². The summed E-state index contributed by atoms with van der Waals surface area (Å²) in [4.78, 5) is 15.8. The molecule has 3 nitrogen and oxygen atoms in total. The van der Waals surface area contributed by atoms with Crippen LogP contribution in [0.4, 0.5) is 5.69 Å². The number of aromatic nitrogens is 1. The predicted molar refractivity (Wildman–Crippen MR) is 77.1 cm³/mol. The summed E-state index contributed by atoms with van der Waals surface area (Å²) in [5, 5.41) is 2.90. The molecule has 0 aliphatic rings. The van der Waals surface area contributed by atoms with Crippen LogP contribution < -0.4 is 5.32 Å². The van der Waals surface area contributed by atoms with E-state index in [0.717, 1.165) is 11.3 Å². The van der Waals surface area contributed by atoms with Crippen LogP contribution in [0.2, 0.25) is 0 Å². The monoisotopic (exact) mass is 254 g/mol. The molecule has 0 spiro atoms. The standard InChI is InChI=1S/C16H18N2O/c1-12(2)14-3-5-15(6-4-14)18-16(19)11-13-7-9-17-10-8-13/h3-10,12H,11H2,1-2H3,(H,18,19). The van der Waals surface area contributed by atoms with Crippen LogP contribution in [0.3, 0.4) is 0 Å². The van der Waals surface area contributed by atoms with E-state index in [0.29, 0.717) is 12.3 Å². The van der Waals surface area contributed by atoms with Gasteiger partial charge in [0.25, 0.3) is 0 Å². The topological polar surface area (TPSA) is 42.0 Å². The summed E-state index contributed by atoms with van der Waals surface area (Å²) in [6.45, 7) is 4.30. The second-order valence-electron chi connectivity index (χ2n) is 4.86. The lowest BCUT2D eigenvalue weighted by Crippen LogP contribution is -2.14. The van der Waals surface area contributed by atoms with E-state index in [9.17, 15) is 4.79 Å². The minimum atomic E-state index is -0.0107. The van der Waals surface area contributed by atoms with Crippen molar-refractivity contribution < 1.29 is 4.79 Å². The van der Waals surface area contributed by atoms with Crippen molar-refractivity contribution in [3.63, 3.8) is 0 Å². The molecule has 0 saturated carbocycles. The third-order valence-electron chi connectivity index (χ3n) is 2.98. The zero-order chi connectivity index (χ0) is 13.7. The first-order valence-corrected chi connectivity index (χ1v) is 6.44. The Kier molecular flexibility index (Phi) is 4.29. The molecule has 3 heteroatoms. The van der Waals surface area contributed by atoms with Gasteiger partial charge in [0, 0.05) is 18.1 Å². The Hall–Kier alpha value is -2.16. The molecule has 1 amide bonds. The van der Waals surface area contributed by atoms with Crippen molar-refractivity contribution in [3.8, 4) is 0 Å². The zero-order valence-corrected chi connectivity index (χ0v) is 11.3. The van der Waals surface area contributed by atoms with E-state index in [1.165, 1.54) is 5.56 Å². The number of pyridine rings is 1. The molecule has 98 valence electrons. The van der Waals surface area contributed by atoms with Crippen molar-refractivity contribution in [2.75, 3.05) is 5.32 Å². The molecular formula is C16H18N2O. The van der Waals surface area contributed by atoms with Crippen molar-refractivity contribution in [3.05, 3.63) is 59.9 Å². The molecule has 1 aromatic carbocycles. The summed E-state index contributed by atoms with van der Waals surface area (Å²) >= 11 is 0. The van der Waals surface area contributed by atoms with Crippen LogP contribution in [0, 0.1) is 0 Å². The molecule has 1 aromatic heterocycles. The summed E-state index contributed by atoms with van der Waals surface area (Å²) < 4.78 is 0. The predicted octanol–water partition coefficient (Wildman–Crippen LogP) is 3.39. The summed E-state index contributed by atoms with van der Waals surface area (Å²) in [7, 11) is 0. The molecule has 19 heavy (non-hydrogen) atoms. The third-order valence-corrected chi connectivity index (χ3v) is 2.98. The molecule has 0 saturated heterocycles. The van der Waals surface area contributed by atoms with Crippen molar-refractivity contribution in [2.24, 2.45) is 0 Å². The van der Waals surface area contributed by atoms with Crippen LogP contribution in [-0.2, 0) is 11.2 Å². The van der Waals surface area contributed by atoms with Gasteiger partial charge in [-0.15, -0.1) is 0 Å². The van der Waals surface area contributed by atoms with Gasteiger partial charge in [-0.3, -0.25) is 9.78 Å². The molecular weight excluding hydrogens is 236 g/mol. The van der Waals surface area contributed by atoms with Crippen LogP contribution in [-0.4, -0.2) is 10.9 Å². The molecule has 1 N–H and O–H groups in total. The Morgan fingerprint density at radius 1 is 1.11 bits per heavy atom. The Bertz CT molecular complexity index is 532. The van der Waals surface area contributed by atoms with Crippen LogP contribution in [0.5, 0.6) is 0 Å². The first-order chi connectivity index (χ1) is 9.15. The van der Waals surface area contributed by atoms with E-state index in [-0.39, 0.29) is 5.91 Å². The number of nitrogens with zero attached hydrogens (tertiary/aromatic N) is 1. The van der Waals surface area contributed by atoms with E-state index in [2.05, 4.69) is 24.1 Å². The molecule has 2 rings (SSSR count). The quantitative estimate of drug-likeness (QED) is 0.908.